The number of aliphatic hydroxyl groups excluding tert-OH is 1. The molecule has 0 amide bonds. The summed E-state index contributed by atoms with van der Waals surface area (Å²) in [5, 5.41) is 12.6. The fraction of sp³-hybridized carbons (Fsp3) is 0.450. The van der Waals surface area contributed by atoms with Gasteiger partial charge < -0.3 is 19.1 Å². The zero-order valence-corrected chi connectivity index (χ0v) is 19.6. The number of aromatic amines is 1. The molecule has 13 heteroatoms. The number of para-hydroxylation sites is 1. The summed E-state index contributed by atoms with van der Waals surface area (Å²) in [6, 6.07) is 8.31. The Hall–Kier alpha value is -2.76. The Morgan fingerprint density at radius 2 is 1.85 bits per heavy atom. The molecule has 0 radical (unpaired) electrons. The van der Waals surface area contributed by atoms with Crippen LogP contribution in [0, 0.1) is 0 Å². The van der Waals surface area contributed by atoms with Crippen molar-refractivity contribution in [1.29, 1.82) is 0 Å². The summed E-state index contributed by atoms with van der Waals surface area (Å²) in [4.78, 5) is 37.2. The molecule has 5 atom stereocenters. The summed E-state index contributed by atoms with van der Waals surface area (Å²) in [5.41, 5.74) is -1.37. The minimum atomic E-state index is -4.10. The number of nitrogens with zero attached hydrogens (tertiary/aromatic N) is 1. The van der Waals surface area contributed by atoms with E-state index in [-0.39, 0.29) is 12.4 Å². The van der Waals surface area contributed by atoms with E-state index < -0.39 is 49.4 Å². The van der Waals surface area contributed by atoms with E-state index in [1.165, 1.54) is 34.1 Å². The van der Waals surface area contributed by atoms with E-state index in [4.69, 9.17) is 13.8 Å². The molecule has 1 aromatic carbocycles. The van der Waals surface area contributed by atoms with Crippen LogP contribution in [0.15, 0.2) is 52.2 Å². The van der Waals surface area contributed by atoms with Gasteiger partial charge in [-0.3, -0.25) is 23.7 Å². The highest BCUT2D eigenvalue weighted by molar-refractivity contribution is 7.52. The van der Waals surface area contributed by atoms with Gasteiger partial charge in [0, 0.05) is 12.3 Å². The monoisotopic (exact) mass is 485 g/mol. The van der Waals surface area contributed by atoms with E-state index in [0.29, 0.717) is 0 Å². The van der Waals surface area contributed by atoms with Crippen LogP contribution in [0.1, 0.15) is 27.0 Å². The molecule has 3 N–H and O–H groups in total. The number of H-pyrrole nitrogens is 1. The Bertz CT molecular complexity index is 1070. The average molecular weight is 485 g/mol. The molecule has 33 heavy (non-hydrogen) atoms. The van der Waals surface area contributed by atoms with Gasteiger partial charge in [-0.05, 0) is 32.9 Å². The molecule has 0 bridgehead atoms. The lowest BCUT2D eigenvalue weighted by Gasteiger charge is -2.27. The summed E-state index contributed by atoms with van der Waals surface area (Å²) in [6.45, 7) is 4.14. The van der Waals surface area contributed by atoms with Gasteiger partial charge in [0.1, 0.15) is 11.8 Å². The van der Waals surface area contributed by atoms with Crippen molar-refractivity contribution in [2.24, 2.45) is 0 Å². The third-order valence-corrected chi connectivity index (χ3v) is 6.03. The first-order valence-corrected chi connectivity index (χ1v) is 11.6. The fourth-order valence-corrected chi connectivity index (χ4v) is 4.42. The van der Waals surface area contributed by atoms with Crippen LogP contribution in [0.3, 0.4) is 0 Å². The highest BCUT2D eigenvalue weighted by Crippen LogP contribution is 2.46. The predicted octanol–water partition coefficient (Wildman–Crippen LogP) is 1.18. The third kappa shape index (κ3) is 7.95. The molecule has 0 saturated heterocycles. The smallest absolute Gasteiger partial charge is 0.459 e. The molecule has 2 aromatic rings. The average Bonchev–Trinajstić information content (AvgIpc) is 2.74. The van der Waals surface area contributed by atoms with Crippen LogP contribution < -0.4 is 20.9 Å². The van der Waals surface area contributed by atoms with E-state index in [9.17, 15) is 24.1 Å². The summed E-state index contributed by atoms with van der Waals surface area (Å²) in [5.74, 6) is -0.439. The molecule has 12 nitrogen and oxygen atoms in total. The largest absolute Gasteiger partial charge is 0.468 e. The maximum Gasteiger partial charge on any atom is 0.459 e. The van der Waals surface area contributed by atoms with Crippen molar-refractivity contribution in [3.8, 4) is 5.75 Å². The fourth-order valence-electron chi connectivity index (χ4n) is 2.75. The Labute approximate surface area is 190 Å². The van der Waals surface area contributed by atoms with Crippen LogP contribution in [0.4, 0.5) is 0 Å². The summed E-state index contributed by atoms with van der Waals surface area (Å²) in [6.07, 6.45) is -1.98. The predicted molar refractivity (Wildman–Crippen MR) is 118 cm³/mol. The number of ether oxygens (including phenoxy) is 2. The van der Waals surface area contributed by atoms with Gasteiger partial charge in [-0.2, -0.15) is 5.09 Å². The Morgan fingerprint density at radius 1 is 1.18 bits per heavy atom. The number of benzene rings is 1. The van der Waals surface area contributed by atoms with E-state index in [2.05, 4.69) is 14.8 Å². The molecule has 0 fully saturated rings. The molecule has 182 valence electrons. The molecule has 1 heterocycles. The van der Waals surface area contributed by atoms with Gasteiger partial charge in [-0.15, -0.1) is 0 Å². The molecule has 0 aliphatic rings. The third-order valence-electron chi connectivity index (χ3n) is 4.23. The standard InChI is InChI=1S/C20H28N3O9P/c1-13(12-30-18(15(3)24)23-11-10-17(25)21-20(23)27)31-33(28,22-14(2)19(26)29-4)32-16-8-6-5-7-9-16/h5-11,13-15,18,24H,12H2,1-4H3,(H,22,28)(H,21,25,27)/t13?,14?,15?,18-,33?/m1/s1. The lowest BCUT2D eigenvalue weighted by atomic mass is 10.3. The lowest BCUT2D eigenvalue weighted by molar-refractivity contribution is -0.142. The number of rotatable bonds is 12. The SMILES string of the molecule is COC(=O)C(C)NP(=O)(Oc1ccccc1)OC(C)CO[C@H](C(C)O)n1ccc(=O)[nH]c1=O. The van der Waals surface area contributed by atoms with E-state index in [1.54, 1.807) is 30.3 Å². The first kappa shape index (κ1) is 26.5. The maximum atomic E-state index is 13.4. The van der Waals surface area contributed by atoms with Crippen molar-refractivity contribution in [2.75, 3.05) is 13.7 Å². The minimum Gasteiger partial charge on any atom is -0.468 e. The Kier molecular flexibility index (Phi) is 9.56. The summed E-state index contributed by atoms with van der Waals surface area (Å²) >= 11 is 0. The van der Waals surface area contributed by atoms with Crippen LogP contribution in [0.2, 0.25) is 0 Å². The second-order valence-electron chi connectivity index (χ2n) is 7.17. The van der Waals surface area contributed by atoms with Crippen LogP contribution in [0.25, 0.3) is 0 Å². The van der Waals surface area contributed by atoms with Crippen LogP contribution in [-0.2, 0) is 23.4 Å². The number of carbonyl (C=O) groups excluding carboxylic acids is 1. The molecular formula is C20H28N3O9P. The van der Waals surface area contributed by atoms with Crippen molar-refractivity contribution in [3.05, 3.63) is 63.4 Å². The first-order valence-electron chi connectivity index (χ1n) is 10.0. The van der Waals surface area contributed by atoms with Gasteiger partial charge in [0.25, 0.3) is 5.56 Å². The number of methoxy groups -OCH3 is 1. The molecule has 0 aliphatic carbocycles. The van der Waals surface area contributed by atoms with E-state index >= 15 is 0 Å². The van der Waals surface area contributed by atoms with Crippen molar-refractivity contribution in [1.82, 2.24) is 14.6 Å². The second kappa shape index (κ2) is 11.9. The van der Waals surface area contributed by atoms with Gasteiger partial charge in [-0.25, -0.2) is 9.36 Å². The Morgan fingerprint density at radius 3 is 2.42 bits per heavy atom. The van der Waals surface area contributed by atoms with Gasteiger partial charge in [0.2, 0.25) is 0 Å². The van der Waals surface area contributed by atoms with Gasteiger partial charge >= 0.3 is 19.4 Å². The van der Waals surface area contributed by atoms with Crippen molar-refractivity contribution < 1.29 is 33.0 Å². The normalized spacial score (nSPS) is 16.8. The molecule has 4 unspecified atom stereocenters. The molecule has 2 rings (SSSR count). The number of esters is 1. The number of hydrogen-bond donors (Lipinski definition) is 3. The van der Waals surface area contributed by atoms with Crippen molar-refractivity contribution in [3.63, 3.8) is 0 Å². The maximum absolute atomic E-state index is 13.4. The topological polar surface area (TPSA) is 158 Å². The van der Waals surface area contributed by atoms with Gasteiger partial charge in [-0.1, -0.05) is 18.2 Å². The van der Waals surface area contributed by atoms with Crippen LogP contribution in [-0.4, -0.2) is 52.6 Å². The highest BCUT2D eigenvalue weighted by atomic mass is 31.2. The molecule has 0 saturated carbocycles. The number of aromatic nitrogens is 2. The lowest BCUT2D eigenvalue weighted by Crippen LogP contribution is -2.38. The first-order chi connectivity index (χ1) is 15.5. The number of aliphatic hydroxyl groups is 1. The van der Waals surface area contributed by atoms with Crippen molar-refractivity contribution >= 4 is 13.7 Å². The van der Waals surface area contributed by atoms with Crippen LogP contribution >= 0.6 is 7.75 Å². The Balaban J connectivity index is 2.15. The quantitative estimate of drug-likeness (QED) is 0.294. The molecule has 1 aromatic heterocycles. The zero-order chi connectivity index (χ0) is 24.6. The molecule has 0 aliphatic heterocycles. The molecular weight excluding hydrogens is 457 g/mol. The summed E-state index contributed by atoms with van der Waals surface area (Å²) in [7, 11) is -2.91. The molecule has 0 spiro atoms. The highest BCUT2D eigenvalue weighted by Gasteiger charge is 2.34. The van der Waals surface area contributed by atoms with Gasteiger partial charge in [0.15, 0.2) is 6.23 Å². The van der Waals surface area contributed by atoms with Crippen molar-refractivity contribution in [2.45, 2.75) is 45.2 Å². The number of nitrogens with one attached hydrogen (secondary N) is 2. The summed E-state index contributed by atoms with van der Waals surface area (Å²) < 4.78 is 35.8. The second-order valence-corrected chi connectivity index (χ2v) is 8.82. The van der Waals surface area contributed by atoms with E-state index in [0.717, 1.165) is 10.6 Å². The number of hydrogen-bond acceptors (Lipinski definition) is 9. The zero-order valence-electron chi connectivity index (χ0n) is 18.7. The van der Waals surface area contributed by atoms with Gasteiger partial charge in [0.05, 0.1) is 25.9 Å². The minimum absolute atomic E-state index is 0.225. The number of carbonyl (C=O) groups is 1. The van der Waals surface area contributed by atoms with E-state index in [1.807, 2.05) is 0 Å². The van der Waals surface area contributed by atoms with Crippen LogP contribution in [0.5, 0.6) is 5.75 Å².